The van der Waals surface area contributed by atoms with Crippen molar-refractivity contribution in [2.75, 3.05) is 46.3 Å². The van der Waals surface area contributed by atoms with Gasteiger partial charge in [0, 0.05) is 19.0 Å². The number of hydrogen-bond donors (Lipinski definition) is 1. The van der Waals surface area contributed by atoms with Gasteiger partial charge in [0.1, 0.15) is 5.92 Å². The van der Waals surface area contributed by atoms with E-state index in [1.165, 1.54) is 19.2 Å². The number of carbonyl (C=O) groups excluding carboxylic acids is 4. The molecule has 2 aliphatic rings. The number of carbonyl (C=O) groups is 4. The highest BCUT2D eigenvalue weighted by molar-refractivity contribution is 8.03. The lowest BCUT2D eigenvalue weighted by Gasteiger charge is -2.31. The van der Waals surface area contributed by atoms with Crippen molar-refractivity contribution in [3.8, 4) is 6.07 Å². The number of benzene rings is 1. The van der Waals surface area contributed by atoms with Gasteiger partial charge in [0.15, 0.2) is 0 Å². The molecule has 0 bridgehead atoms. The molecule has 1 N–H and O–H groups in total. The predicted molar refractivity (Wildman–Crippen MR) is 117 cm³/mol. The molecule has 0 radical (unpaired) electrons. The van der Waals surface area contributed by atoms with Crippen LogP contribution in [-0.2, 0) is 28.6 Å². The standard InChI is InChI=1S/C22H23N3O7S/c1-30-21(28)14-5-3-13(4-6-14)17-15(11-23)20(24-19(27)18(17)22(29)31-2)33-12-16(26)25-7-9-32-10-8-25/h3-6,17-18H,7-10,12H2,1-2H3,(H,24,27)/t17-,18+/m1/s1. The molecule has 2 heterocycles. The van der Waals surface area contributed by atoms with Gasteiger partial charge in [-0.3, -0.25) is 14.4 Å². The van der Waals surface area contributed by atoms with Crippen LogP contribution < -0.4 is 5.32 Å². The van der Waals surface area contributed by atoms with Gasteiger partial charge in [-0.15, -0.1) is 0 Å². The van der Waals surface area contributed by atoms with Gasteiger partial charge in [0.25, 0.3) is 0 Å². The summed E-state index contributed by atoms with van der Waals surface area (Å²) < 4.78 is 14.8. The first kappa shape index (κ1) is 24.3. The van der Waals surface area contributed by atoms with Crippen molar-refractivity contribution >= 4 is 35.5 Å². The molecule has 1 saturated heterocycles. The van der Waals surface area contributed by atoms with E-state index in [4.69, 9.17) is 14.2 Å². The zero-order valence-corrected chi connectivity index (χ0v) is 19.0. The second-order valence-corrected chi connectivity index (χ2v) is 8.20. The maximum absolute atomic E-state index is 12.9. The summed E-state index contributed by atoms with van der Waals surface area (Å²) in [4.78, 5) is 51.3. The number of methoxy groups -OCH3 is 2. The summed E-state index contributed by atoms with van der Waals surface area (Å²) in [5, 5.41) is 12.7. The Hall–Kier alpha value is -3.36. The van der Waals surface area contributed by atoms with Crippen LogP contribution in [0.5, 0.6) is 0 Å². The molecule has 174 valence electrons. The first-order chi connectivity index (χ1) is 15.9. The third-order valence-electron chi connectivity index (χ3n) is 5.38. The van der Waals surface area contributed by atoms with Crippen molar-refractivity contribution in [1.29, 1.82) is 5.26 Å². The van der Waals surface area contributed by atoms with E-state index in [-0.39, 0.29) is 27.8 Å². The van der Waals surface area contributed by atoms with Gasteiger partial charge < -0.3 is 24.4 Å². The molecule has 0 saturated carbocycles. The molecule has 2 amide bonds. The topological polar surface area (TPSA) is 135 Å². The molecule has 0 aliphatic carbocycles. The number of allylic oxidation sites excluding steroid dienone is 1. The third kappa shape index (κ3) is 5.35. The van der Waals surface area contributed by atoms with Crippen LogP contribution in [0.1, 0.15) is 21.8 Å². The second-order valence-electron chi connectivity index (χ2n) is 7.22. The fourth-order valence-corrected chi connectivity index (χ4v) is 4.61. The highest BCUT2D eigenvalue weighted by Crippen LogP contribution is 2.40. The van der Waals surface area contributed by atoms with Gasteiger partial charge in [-0.2, -0.15) is 5.26 Å². The Balaban J connectivity index is 1.93. The molecular weight excluding hydrogens is 450 g/mol. The number of morpholine rings is 1. The summed E-state index contributed by atoms with van der Waals surface area (Å²) in [7, 11) is 2.42. The van der Waals surface area contributed by atoms with Crippen LogP contribution in [0.4, 0.5) is 0 Å². The van der Waals surface area contributed by atoms with Crippen molar-refractivity contribution in [3.05, 3.63) is 46.0 Å². The summed E-state index contributed by atoms with van der Waals surface area (Å²) in [6.07, 6.45) is 0. The minimum atomic E-state index is -1.30. The Kier molecular flexibility index (Phi) is 8.08. The van der Waals surface area contributed by atoms with Crippen LogP contribution in [0.2, 0.25) is 0 Å². The van der Waals surface area contributed by atoms with Gasteiger partial charge in [-0.25, -0.2) is 4.79 Å². The maximum atomic E-state index is 12.9. The molecule has 33 heavy (non-hydrogen) atoms. The number of nitriles is 1. The third-order valence-corrected chi connectivity index (χ3v) is 6.38. The molecule has 2 aliphatic heterocycles. The number of amides is 2. The van der Waals surface area contributed by atoms with E-state index in [1.807, 2.05) is 0 Å². The summed E-state index contributed by atoms with van der Waals surface area (Å²) in [5.41, 5.74) is 0.891. The minimum Gasteiger partial charge on any atom is -0.468 e. The largest absolute Gasteiger partial charge is 0.468 e. The van der Waals surface area contributed by atoms with Crippen LogP contribution in [0.15, 0.2) is 34.9 Å². The molecule has 1 fully saturated rings. The number of ether oxygens (including phenoxy) is 3. The van der Waals surface area contributed by atoms with Gasteiger partial charge in [-0.1, -0.05) is 23.9 Å². The zero-order chi connectivity index (χ0) is 24.0. The van der Waals surface area contributed by atoms with Crippen molar-refractivity contribution in [2.45, 2.75) is 5.92 Å². The molecule has 1 aromatic rings. The molecule has 3 rings (SSSR count). The summed E-state index contributed by atoms with van der Waals surface area (Å²) >= 11 is 1.03. The van der Waals surface area contributed by atoms with Crippen molar-refractivity contribution in [1.82, 2.24) is 10.2 Å². The van der Waals surface area contributed by atoms with Crippen molar-refractivity contribution in [3.63, 3.8) is 0 Å². The SMILES string of the molecule is COC(=O)c1ccc([C@@H]2C(C#N)=C(SCC(=O)N3CCOCC3)NC(=O)[C@H]2C(=O)OC)cc1. The Morgan fingerprint density at radius 3 is 2.42 bits per heavy atom. The molecule has 0 aromatic heterocycles. The van der Waals surface area contributed by atoms with Crippen LogP contribution in [0.3, 0.4) is 0 Å². The average molecular weight is 474 g/mol. The Morgan fingerprint density at radius 2 is 1.85 bits per heavy atom. The average Bonchev–Trinajstić information content (AvgIpc) is 2.86. The Morgan fingerprint density at radius 1 is 1.18 bits per heavy atom. The van der Waals surface area contributed by atoms with Gasteiger partial charge in [-0.05, 0) is 17.7 Å². The second kappa shape index (κ2) is 11.0. The number of rotatable bonds is 6. The van der Waals surface area contributed by atoms with Crippen LogP contribution in [0.25, 0.3) is 0 Å². The van der Waals surface area contributed by atoms with Crippen LogP contribution in [-0.4, -0.2) is 74.9 Å². The van der Waals surface area contributed by atoms with Gasteiger partial charge in [0.2, 0.25) is 11.8 Å². The molecule has 2 atom stereocenters. The normalized spacial score (nSPS) is 20.5. The summed E-state index contributed by atoms with van der Waals surface area (Å²) in [6.45, 7) is 1.89. The fraction of sp³-hybridized carbons (Fsp3) is 0.409. The van der Waals surface area contributed by atoms with Crippen molar-refractivity contribution < 1.29 is 33.4 Å². The van der Waals surface area contributed by atoms with E-state index in [0.717, 1.165) is 18.9 Å². The van der Waals surface area contributed by atoms with E-state index in [9.17, 15) is 24.4 Å². The summed E-state index contributed by atoms with van der Waals surface area (Å²) in [6, 6.07) is 8.19. The zero-order valence-electron chi connectivity index (χ0n) is 18.2. The first-order valence-electron chi connectivity index (χ1n) is 10.1. The van der Waals surface area contributed by atoms with Gasteiger partial charge >= 0.3 is 11.9 Å². The number of thioether (sulfide) groups is 1. The van der Waals surface area contributed by atoms with Crippen molar-refractivity contribution in [2.24, 2.45) is 5.92 Å². The monoisotopic (exact) mass is 473 g/mol. The summed E-state index contributed by atoms with van der Waals surface area (Å²) in [5.74, 6) is -4.34. The number of hydrogen-bond acceptors (Lipinski definition) is 9. The maximum Gasteiger partial charge on any atom is 0.337 e. The lowest BCUT2D eigenvalue weighted by atomic mass is 9.78. The Bertz CT molecular complexity index is 1010. The minimum absolute atomic E-state index is 0.0116. The number of nitrogens with zero attached hydrogens (tertiary/aromatic N) is 2. The molecule has 1 aromatic carbocycles. The number of nitrogens with one attached hydrogen (secondary N) is 1. The molecule has 11 heteroatoms. The molecule has 10 nitrogen and oxygen atoms in total. The quantitative estimate of drug-likeness (QED) is 0.470. The van der Waals surface area contributed by atoms with E-state index < -0.39 is 29.7 Å². The first-order valence-corrected chi connectivity index (χ1v) is 11.1. The van der Waals surface area contributed by atoms with E-state index in [1.54, 1.807) is 17.0 Å². The smallest absolute Gasteiger partial charge is 0.337 e. The lowest BCUT2D eigenvalue weighted by Crippen LogP contribution is -2.45. The van der Waals surface area contributed by atoms with Crippen LogP contribution >= 0.6 is 11.8 Å². The van der Waals surface area contributed by atoms with E-state index in [2.05, 4.69) is 11.4 Å². The highest BCUT2D eigenvalue weighted by atomic mass is 32.2. The molecular formula is C22H23N3O7S. The lowest BCUT2D eigenvalue weighted by molar-refractivity contribution is -0.150. The molecule has 0 spiro atoms. The van der Waals surface area contributed by atoms with Gasteiger partial charge in [0.05, 0.1) is 55.4 Å². The van der Waals surface area contributed by atoms with Crippen LogP contribution in [0, 0.1) is 17.2 Å². The fourth-order valence-electron chi connectivity index (χ4n) is 3.66. The highest BCUT2D eigenvalue weighted by Gasteiger charge is 2.44. The molecule has 0 unspecified atom stereocenters. The number of esters is 2. The van der Waals surface area contributed by atoms with E-state index >= 15 is 0 Å². The van der Waals surface area contributed by atoms with E-state index in [0.29, 0.717) is 31.9 Å². The Labute approximate surface area is 194 Å². The predicted octanol–water partition coefficient (Wildman–Crippen LogP) is 0.803.